The molecule has 3 rings (SSSR count). The van der Waals surface area contributed by atoms with Gasteiger partial charge in [0.15, 0.2) is 0 Å². The van der Waals surface area contributed by atoms with E-state index in [9.17, 15) is 9.59 Å². The summed E-state index contributed by atoms with van der Waals surface area (Å²) >= 11 is 5.02. The van der Waals surface area contributed by atoms with Crippen molar-refractivity contribution in [2.45, 2.75) is 19.3 Å². The molecule has 21 heavy (non-hydrogen) atoms. The Balaban J connectivity index is 1.55. The zero-order valence-corrected chi connectivity index (χ0v) is 14.0. The van der Waals surface area contributed by atoms with Crippen molar-refractivity contribution in [3.8, 4) is 0 Å². The summed E-state index contributed by atoms with van der Waals surface area (Å²) in [6.07, 6.45) is 5.96. The quantitative estimate of drug-likeness (QED) is 0.815. The highest BCUT2D eigenvalue weighted by Crippen LogP contribution is 2.37. The van der Waals surface area contributed by atoms with Crippen molar-refractivity contribution in [2.24, 2.45) is 5.41 Å². The molecular weight excluding hydrogens is 352 g/mol. The molecule has 1 N–H and O–H groups in total. The number of halogens is 1. The smallest absolute Gasteiger partial charge is 0.246 e. The third-order valence-corrected chi connectivity index (χ3v) is 5.90. The molecule has 112 valence electrons. The molecule has 0 unspecified atom stereocenters. The van der Waals surface area contributed by atoms with Gasteiger partial charge in [-0.15, -0.1) is 11.3 Å². The van der Waals surface area contributed by atoms with Crippen molar-refractivity contribution < 1.29 is 9.59 Å². The predicted molar refractivity (Wildman–Crippen MR) is 86.9 cm³/mol. The lowest BCUT2D eigenvalue weighted by atomic mass is 9.77. The highest BCUT2D eigenvalue weighted by atomic mass is 79.9. The fourth-order valence-corrected chi connectivity index (χ4v) is 4.31. The number of hydrogen-bond donors (Lipinski definition) is 1. The summed E-state index contributed by atoms with van der Waals surface area (Å²) in [6.45, 7) is 2.26. The van der Waals surface area contributed by atoms with Gasteiger partial charge in [-0.2, -0.15) is 0 Å². The van der Waals surface area contributed by atoms with E-state index in [2.05, 4.69) is 21.2 Å². The maximum Gasteiger partial charge on any atom is 0.246 e. The Hall–Kier alpha value is -1.14. The van der Waals surface area contributed by atoms with Gasteiger partial charge in [0.1, 0.15) is 0 Å². The molecular formula is C15H17BrN2O2S. The minimum atomic E-state index is 0.0617. The van der Waals surface area contributed by atoms with Crippen molar-refractivity contribution in [2.75, 3.05) is 19.6 Å². The van der Waals surface area contributed by atoms with E-state index in [1.807, 2.05) is 23.1 Å². The summed E-state index contributed by atoms with van der Waals surface area (Å²) in [5, 5.41) is 2.91. The van der Waals surface area contributed by atoms with Crippen LogP contribution in [-0.4, -0.2) is 36.3 Å². The van der Waals surface area contributed by atoms with E-state index in [0.29, 0.717) is 6.42 Å². The molecule has 3 heterocycles. The standard InChI is InChI=1S/C15H17BrN2O2S/c16-12-3-1-11(21-12)2-4-14(20)18-7-5-15(6-8-18)9-13(19)17-10-15/h1-4H,5-10H2,(H,17,19). The second kappa shape index (κ2) is 5.93. The van der Waals surface area contributed by atoms with Gasteiger partial charge in [0.25, 0.3) is 0 Å². The van der Waals surface area contributed by atoms with E-state index >= 15 is 0 Å². The third kappa shape index (κ3) is 3.37. The average molecular weight is 369 g/mol. The molecule has 0 aromatic carbocycles. The van der Waals surface area contributed by atoms with Crippen molar-refractivity contribution in [1.29, 1.82) is 0 Å². The predicted octanol–water partition coefficient (Wildman–Crippen LogP) is 2.65. The van der Waals surface area contributed by atoms with Crippen LogP contribution in [0.25, 0.3) is 6.08 Å². The number of nitrogens with one attached hydrogen (secondary N) is 1. The number of carbonyl (C=O) groups is 2. The van der Waals surface area contributed by atoms with Gasteiger partial charge in [0.05, 0.1) is 3.79 Å². The van der Waals surface area contributed by atoms with Gasteiger partial charge < -0.3 is 10.2 Å². The van der Waals surface area contributed by atoms with Gasteiger partial charge in [-0.1, -0.05) is 0 Å². The second-order valence-corrected chi connectivity index (χ2v) is 8.25. The van der Waals surface area contributed by atoms with Gasteiger partial charge in [0, 0.05) is 37.0 Å². The van der Waals surface area contributed by atoms with Crippen molar-refractivity contribution in [1.82, 2.24) is 10.2 Å². The molecule has 2 aliphatic heterocycles. The van der Waals surface area contributed by atoms with Gasteiger partial charge in [-0.25, -0.2) is 0 Å². The minimum Gasteiger partial charge on any atom is -0.356 e. The van der Waals surface area contributed by atoms with Gasteiger partial charge >= 0.3 is 0 Å². The van der Waals surface area contributed by atoms with Crippen LogP contribution in [0.1, 0.15) is 24.1 Å². The molecule has 4 nitrogen and oxygen atoms in total. The summed E-state index contributed by atoms with van der Waals surface area (Å²) in [5.74, 6) is 0.213. The van der Waals surface area contributed by atoms with Crippen molar-refractivity contribution in [3.05, 3.63) is 26.9 Å². The summed E-state index contributed by atoms with van der Waals surface area (Å²) in [6, 6.07) is 3.96. The lowest BCUT2D eigenvalue weighted by Crippen LogP contribution is -2.43. The zero-order chi connectivity index (χ0) is 14.9. The molecule has 1 spiro atoms. The number of amides is 2. The lowest BCUT2D eigenvalue weighted by Gasteiger charge is -2.37. The minimum absolute atomic E-state index is 0.0617. The molecule has 1 aromatic rings. The molecule has 0 radical (unpaired) electrons. The topological polar surface area (TPSA) is 49.4 Å². The highest BCUT2D eigenvalue weighted by molar-refractivity contribution is 9.11. The van der Waals surface area contributed by atoms with Gasteiger partial charge in [-0.3, -0.25) is 9.59 Å². The number of thiophene rings is 1. The Labute approximate surface area is 136 Å². The molecule has 2 aliphatic rings. The molecule has 0 aliphatic carbocycles. The number of rotatable bonds is 2. The Kier molecular flexibility index (Phi) is 4.17. The number of piperidine rings is 1. The fourth-order valence-electron chi connectivity index (χ4n) is 2.98. The summed E-state index contributed by atoms with van der Waals surface area (Å²) in [5.41, 5.74) is 0.0934. The monoisotopic (exact) mass is 368 g/mol. The maximum atomic E-state index is 12.2. The van der Waals surface area contributed by atoms with E-state index in [-0.39, 0.29) is 17.2 Å². The van der Waals surface area contributed by atoms with Crippen LogP contribution >= 0.6 is 27.3 Å². The molecule has 2 saturated heterocycles. The fraction of sp³-hybridized carbons (Fsp3) is 0.467. The molecule has 2 amide bonds. The molecule has 2 fully saturated rings. The average Bonchev–Trinajstić information content (AvgIpc) is 3.04. The van der Waals surface area contributed by atoms with Crippen LogP contribution in [0.4, 0.5) is 0 Å². The van der Waals surface area contributed by atoms with Crippen molar-refractivity contribution >= 4 is 45.2 Å². The Morgan fingerprint density at radius 2 is 2.14 bits per heavy atom. The number of hydrogen-bond acceptors (Lipinski definition) is 3. The molecule has 0 bridgehead atoms. The van der Waals surface area contributed by atoms with Gasteiger partial charge in [-0.05, 0) is 52.4 Å². The molecule has 1 aromatic heterocycles. The summed E-state index contributed by atoms with van der Waals surface area (Å²) in [7, 11) is 0. The SMILES string of the molecule is O=C1CC2(CCN(C(=O)C=Cc3ccc(Br)s3)CC2)CN1. The largest absolute Gasteiger partial charge is 0.356 e. The van der Waals surface area contributed by atoms with E-state index < -0.39 is 0 Å². The first-order valence-electron chi connectivity index (χ1n) is 7.05. The van der Waals surface area contributed by atoms with E-state index in [0.717, 1.165) is 41.1 Å². The first kappa shape index (κ1) is 14.8. The van der Waals surface area contributed by atoms with Crippen molar-refractivity contribution in [3.63, 3.8) is 0 Å². The first-order chi connectivity index (χ1) is 10.1. The normalized spacial score (nSPS) is 21.2. The van der Waals surface area contributed by atoms with E-state index in [4.69, 9.17) is 0 Å². The Bertz CT molecular complexity index is 588. The highest BCUT2D eigenvalue weighted by Gasteiger charge is 2.41. The zero-order valence-electron chi connectivity index (χ0n) is 11.6. The molecule has 0 atom stereocenters. The maximum absolute atomic E-state index is 12.2. The Morgan fingerprint density at radius 3 is 2.71 bits per heavy atom. The number of likely N-dealkylation sites (tertiary alicyclic amines) is 1. The van der Waals surface area contributed by atoms with Crippen LogP contribution in [0, 0.1) is 5.41 Å². The number of carbonyl (C=O) groups excluding carboxylic acids is 2. The number of nitrogens with zero attached hydrogens (tertiary/aromatic N) is 1. The lowest BCUT2D eigenvalue weighted by molar-refractivity contribution is -0.128. The van der Waals surface area contributed by atoms with Crippen LogP contribution in [0.15, 0.2) is 22.0 Å². The van der Waals surface area contributed by atoms with Crippen LogP contribution in [-0.2, 0) is 9.59 Å². The van der Waals surface area contributed by atoms with E-state index in [1.165, 1.54) is 0 Å². The summed E-state index contributed by atoms with van der Waals surface area (Å²) < 4.78 is 1.06. The van der Waals surface area contributed by atoms with Gasteiger partial charge in [0.2, 0.25) is 11.8 Å². The summed E-state index contributed by atoms with van der Waals surface area (Å²) in [4.78, 5) is 26.5. The molecule has 0 saturated carbocycles. The second-order valence-electron chi connectivity index (χ2n) is 5.75. The first-order valence-corrected chi connectivity index (χ1v) is 8.66. The Morgan fingerprint density at radius 1 is 1.38 bits per heavy atom. The van der Waals surface area contributed by atoms with Crippen LogP contribution in [0.5, 0.6) is 0 Å². The van der Waals surface area contributed by atoms with Crippen LogP contribution in [0.2, 0.25) is 0 Å². The molecule has 6 heteroatoms. The third-order valence-electron chi connectivity index (χ3n) is 4.32. The van der Waals surface area contributed by atoms with Crippen LogP contribution in [0.3, 0.4) is 0 Å². The van der Waals surface area contributed by atoms with Crippen LogP contribution < -0.4 is 5.32 Å². The van der Waals surface area contributed by atoms with E-state index in [1.54, 1.807) is 17.4 Å².